The van der Waals surface area contributed by atoms with Gasteiger partial charge in [0.1, 0.15) is 0 Å². The highest BCUT2D eigenvalue weighted by Crippen LogP contribution is 2.23. The molecular weight excluding hydrogens is 258 g/mol. The molecule has 104 valence electrons. The third-order valence-electron chi connectivity index (χ3n) is 2.48. The first-order valence-electron chi connectivity index (χ1n) is 5.54. The summed E-state index contributed by atoms with van der Waals surface area (Å²) in [6, 6.07) is 0. The van der Waals surface area contributed by atoms with Crippen LogP contribution in [0.25, 0.3) is 0 Å². The Morgan fingerprint density at radius 3 is 2.53 bits per heavy atom. The van der Waals surface area contributed by atoms with E-state index in [0.717, 1.165) is 0 Å². The molecule has 0 spiro atoms. The second-order valence-electron chi connectivity index (χ2n) is 3.65. The number of carbonyl (C=O) groups excluding carboxylic acids is 2. The second kappa shape index (κ2) is 5.81. The van der Waals surface area contributed by atoms with Crippen molar-refractivity contribution in [3.8, 4) is 0 Å². The van der Waals surface area contributed by atoms with Crippen LogP contribution in [0.2, 0.25) is 0 Å². The molecule has 0 bridgehead atoms. The van der Waals surface area contributed by atoms with E-state index < -0.39 is 18.0 Å². The van der Waals surface area contributed by atoms with E-state index in [2.05, 4.69) is 14.5 Å². The lowest BCUT2D eigenvalue weighted by Gasteiger charge is -2.19. The molecule has 1 aliphatic rings. The fourth-order valence-electron chi connectivity index (χ4n) is 1.57. The van der Waals surface area contributed by atoms with Gasteiger partial charge in [-0.1, -0.05) is 0 Å². The van der Waals surface area contributed by atoms with Crippen LogP contribution in [0, 0.1) is 0 Å². The van der Waals surface area contributed by atoms with Crippen LogP contribution in [-0.2, 0) is 18.9 Å². The van der Waals surface area contributed by atoms with Gasteiger partial charge in [-0.3, -0.25) is 0 Å². The molecule has 0 saturated carbocycles. The van der Waals surface area contributed by atoms with Gasteiger partial charge in [-0.05, 0) is 0 Å². The van der Waals surface area contributed by atoms with Gasteiger partial charge in [-0.25, -0.2) is 14.6 Å². The van der Waals surface area contributed by atoms with Crippen molar-refractivity contribution in [2.75, 3.05) is 34.0 Å². The lowest BCUT2D eigenvalue weighted by atomic mass is 10.3. The number of rotatable bonds is 3. The van der Waals surface area contributed by atoms with Crippen LogP contribution in [0.15, 0.2) is 4.42 Å². The molecule has 0 aromatic carbocycles. The maximum Gasteiger partial charge on any atom is 0.376 e. The molecule has 19 heavy (non-hydrogen) atoms. The molecule has 1 aromatic rings. The molecule has 0 radical (unpaired) electrons. The molecule has 1 aliphatic heterocycles. The highest BCUT2D eigenvalue weighted by molar-refractivity contribution is 5.99. The number of nitrogens with zero attached hydrogens (tertiary/aromatic N) is 1. The van der Waals surface area contributed by atoms with Gasteiger partial charge in [0.15, 0.2) is 6.10 Å². The zero-order valence-corrected chi connectivity index (χ0v) is 10.5. The third-order valence-corrected chi connectivity index (χ3v) is 2.48. The van der Waals surface area contributed by atoms with E-state index in [-0.39, 0.29) is 24.0 Å². The summed E-state index contributed by atoms with van der Waals surface area (Å²) in [6.07, 6.45) is -0.560. The lowest BCUT2D eigenvalue weighted by Crippen LogP contribution is -2.22. The zero-order valence-electron chi connectivity index (χ0n) is 10.5. The Labute approximate surface area is 108 Å². The van der Waals surface area contributed by atoms with Gasteiger partial charge in [-0.2, -0.15) is 0 Å². The monoisotopic (exact) mass is 271 g/mol. The van der Waals surface area contributed by atoms with Crippen molar-refractivity contribution in [3.63, 3.8) is 0 Å². The van der Waals surface area contributed by atoms with Crippen molar-refractivity contribution >= 4 is 11.9 Å². The predicted molar refractivity (Wildman–Crippen MR) is 58.7 cm³/mol. The molecule has 0 N–H and O–H groups in total. The van der Waals surface area contributed by atoms with Crippen LogP contribution in [0.3, 0.4) is 0 Å². The van der Waals surface area contributed by atoms with Crippen molar-refractivity contribution in [2.45, 2.75) is 6.10 Å². The molecule has 1 saturated heterocycles. The van der Waals surface area contributed by atoms with Crippen molar-refractivity contribution in [1.29, 1.82) is 0 Å². The SMILES string of the molecule is COC(=O)c1nc(C2COCCO2)oc1C(=O)OC. The van der Waals surface area contributed by atoms with Gasteiger partial charge < -0.3 is 23.4 Å². The van der Waals surface area contributed by atoms with Crippen molar-refractivity contribution < 1.29 is 33.0 Å². The maximum absolute atomic E-state index is 11.5. The van der Waals surface area contributed by atoms with Gasteiger partial charge >= 0.3 is 11.9 Å². The average Bonchev–Trinajstić information content (AvgIpc) is 2.91. The number of hydrogen-bond acceptors (Lipinski definition) is 8. The summed E-state index contributed by atoms with van der Waals surface area (Å²) in [4.78, 5) is 27.0. The summed E-state index contributed by atoms with van der Waals surface area (Å²) in [5, 5.41) is 0. The van der Waals surface area contributed by atoms with Crippen LogP contribution in [0.5, 0.6) is 0 Å². The summed E-state index contributed by atoms with van der Waals surface area (Å²) in [5.74, 6) is -1.82. The topological polar surface area (TPSA) is 97.1 Å². The van der Waals surface area contributed by atoms with Crippen molar-refractivity contribution in [2.24, 2.45) is 0 Å². The van der Waals surface area contributed by atoms with Crippen LogP contribution >= 0.6 is 0 Å². The molecule has 0 amide bonds. The smallest absolute Gasteiger partial charge is 0.376 e. The van der Waals surface area contributed by atoms with E-state index >= 15 is 0 Å². The molecule has 2 heterocycles. The Bertz CT molecular complexity index is 442. The normalized spacial score (nSPS) is 18.9. The first kappa shape index (κ1) is 13.5. The molecule has 1 unspecified atom stereocenters. The van der Waals surface area contributed by atoms with Gasteiger partial charge in [-0.15, -0.1) is 0 Å². The fourth-order valence-corrected chi connectivity index (χ4v) is 1.57. The number of ether oxygens (including phenoxy) is 4. The first-order chi connectivity index (χ1) is 9.17. The van der Waals surface area contributed by atoms with Crippen LogP contribution in [0.4, 0.5) is 0 Å². The largest absolute Gasteiger partial charge is 0.464 e. The van der Waals surface area contributed by atoms with E-state index in [1.807, 2.05) is 0 Å². The van der Waals surface area contributed by atoms with Crippen LogP contribution in [0.1, 0.15) is 33.0 Å². The minimum Gasteiger partial charge on any atom is -0.464 e. The maximum atomic E-state index is 11.5. The number of aromatic nitrogens is 1. The lowest BCUT2D eigenvalue weighted by molar-refractivity contribution is -0.0998. The van der Waals surface area contributed by atoms with Crippen molar-refractivity contribution in [3.05, 3.63) is 17.3 Å². The number of esters is 2. The molecule has 1 atom stereocenters. The van der Waals surface area contributed by atoms with E-state index in [1.54, 1.807) is 0 Å². The summed E-state index contributed by atoms with van der Waals surface area (Å²) in [7, 11) is 2.35. The minimum absolute atomic E-state index is 0.0838. The Morgan fingerprint density at radius 1 is 1.21 bits per heavy atom. The third kappa shape index (κ3) is 2.74. The summed E-state index contributed by atoms with van der Waals surface area (Å²) < 4.78 is 24.9. The van der Waals surface area contributed by atoms with E-state index in [1.165, 1.54) is 14.2 Å². The summed E-state index contributed by atoms with van der Waals surface area (Å²) in [5.41, 5.74) is -0.237. The average molecular weight is 271 g/mol. The van der Waals surface area contributed by atoms with Crippen molar-refractivity contribution in [1.82, 2.24) is 4.98 Å². The first-order valence-corrected chi connectivity index (χ1v) is 5.54. The quantitative estimate of drug-likeness (QED) is 0.726. The van der Waals surface area contributed by atoms with Gasteiger partial charge in [0.25, 0.3) is 0 Å². The summed E-state index contributed by atoms with van der Waals surface area (Å²) >= 11 is 0. The highest BCUT2D eigenvalue weighted by Gasteiger charge is 2.31. The Morgan fingerprint density at radius 2 is 1.95 bits per heavy atom. The highest BCUT2D eigenvalue weighted by atomic mass is 16.6. The predicted octanol–water partition coefficient (Wildman–Crippen LogP) is 0.336. The Balaban J connectivity index is 2.33. The molecule has 1 aromatic heterocycles. The van der Waals surface area contributed by atoms with Gasteiger partial charge in [0.05, 0.1) is 34.0 Å². The standard InChI is InChI=1S/C11H13NO7/c1-15-10(13)7-8(11(14)16-2)19-9(12-7)6-5-17-3-4-18-6/h6H,3-5H2,1-2H3. The van der Waals surface area contributed by atoms with E-state index in [0.29, 0.717) is 13.2 Å². The molecule has 0 aliphatic carbocycles. The molecular formula is C11H13NO7. The number of hydrogen-bond donors (Lipinski definition) is 0. The summed E-state index contributed by atoms with van der Waals surface area (Å²) in [6.45, 7) is 1.10. The second-order valence-corrected chi connectivity index (χ2v) is 3.65. The van der Waals surface area contributed by atoms with Gasteiger partial charge in [0.2, 0.25) is 17.3 Å². The Hall–Kier alpha value is -1.93. The van der Waals surface area contributed by atoms with Gasteiger partial charge in [0, 0.05) is 0 Å². The minimum atomic E-state index is -0.809. The molecule has 8 nitrogen and oxygen atoms in total. The fraction of sp³-hybridized carbons (Fsp3) is 0.545. The number of carbonyl (C=O) groups is 2. The van der Waals surface area contributed by atoms with Crippen LogP contribution < -0.4 is 0 Å². The van der Waals surface area contributed by atoms with E-state index in [4.69, 9.17) is 13.9 Å². The van der Waals surface area contributed by atoms with Crippen LogP contribution in [-0.4, -0.2) is 51.0 Å². The Kier molecular flexibility index (Phi) is 4.13. The number of methoxy groups -OCH3 is 2. The zero-order chi connectivity index (χ0) is 13.8. The van der Waals surface area contributed by atoms with E-state index in [9.17, 15) is 9.59 Å². The number of oxazole rings is 1. The molecule has 2 rings (SSSR count). The molecule has 8 heteroatoms. The molecule has 1 fully saturated rings.